The van der Waals surface area contributed by atoms with Crippen molar-refractivity contribution in [2.24, 2.45) is 0 Å². The van der Waals surface area contributed by atoms with Crippen LogP contribution in [0.1, 0.15) is 20.3 Å². The van der Waals surface area contributed by atoms with Gasteiger partial charge in [-0.25, -0.2) is 0 Å². The SMILES string of the molecule is CCOC(=O)C[C@@]1(C)OC[C@H]2OC[C@H](O)[C@H]2O1. The zero-order chi connectivity index (χ0) is 12.5. The van der Waals surface area contributed by atoms with E-state index >= 15 is 0 Å². The summed E-state index contributed by atoms with van der Waals surface area (Å²) < 4.78 is 21.3. The van der Waals surface area contributed by atoms with E-state index in [1.807, 2.05) is 0 Å². The summed E-state index contributed by atoms with van der Waals surface area (Å²) in [7, 11) is 0. The van der Waals surface area contributed by atoms with Crippen molar-refractivity contribution in [3.8, 4) is 0 Å². The fraction of sp³-hybridized carbons (Fsp3) is 0.909. The zero-order valence-corrected chi connectivity index (χ0v) is 10.0. The molecule has 2 aliphatic heterocycles. The summed E-state index contributed by atoms with van der Waals surface area (Å²) in [5, 5.41) is 9.67. The molecule has 0 unspecified atom stereocenters. The minimum atomic E-state index is -1.04. The van der Waals surface area contributed by atoms with Crippen LogP contribution < -0.4 is 0 Å². The Morgan fingerprint density at radius 1 is 1.53 bits per heavy atom. The molecular formula is C11H18O6. The van der Waals surface area contributed by atoms with Crippen LogP contribution in [0.15, 0.2) is 0 Å². The number of aliphatic hydroxyl groups excluding tert-OH is 1. The molecule has 0 aromatic heterocycles. The van der Waals surface area contributed by atoms with Crippen LogP contribution in [0.3, 0.4) is 0 Å². The van der Waals surface area contributed by atoms with E-state index < -0.39 is 18.0 Å². The van der Waals surface area contributed by atoms with Gasteiger partial charge in [-0.3, -0.25) is 4.79 Å². The highest BCUT2D eigenvalue weighted by molar-refractivity contribution is 5.70. The second kappa shape index (κ2) is 4.89. The summed E-state index contributed by atoms with van der Waals surface area (Å²) in [5.74, 6) is -1.41. The summed E-state index contributed by atoms with van der Waals surface area (Å²) in [6.07, 6.45) is -1.33. The van der Waals surface area contributed by atoms with Gasteiger partial charge in [0.15, 0.2) is 5.79 Å². The molecule has 2 aliphatic rings. The Morgan fingerprint density at radius 2 is 2.29 bits per heavy atom. The average molecular weight is 246 g/mol. The fourth-order valence-corrected chi connectivity index (χ4v) is 2.10. The smallest absolute Gasteiger partial charge is 0.311 e. The van der Waals surface area contributed by atoms with Crippen molar-refractivity contribution < 1.29 is 28.8 Å². The van der Waals surface area contributed by atoms with Crippen LogP contribution >= 0.6 is 0 Å². The Morgan fingerprint density at radius 3 is 3.00 bits per heavy atom. The third-order valence-electron chi connectivity index (χ3n) is 2.94. The first-order chi connectivity index (χ1) is 8.04. The van der Waals surface area contributed by atoms with Crippen molar-refractivity contribution in [3.05, 3.63) is 0 Å². The predicted molar refractivity (Wildman–Crippen MR) is 56.2 cm³/mol. The van der Waals surface area contributed by atoms with E-state index in [2.05, 4.69) is 0 Å². The Balaban J connectivity index is 1.95. The number of aliphatic hydroxyl groups is 1. The van der Waals surface area contributed by atoms with Crippen LogP contribution in [-0.4, -0.2) is 55.0 Å². The average Bonchev–Trinajstić information content (AvgIpc) is 2.60. The first-order valence-electron chi connectivity index (χ1n) is 5.81. The van der Waals surface area contributed by atoms with Gasteiger partial charge in [0.1, 0.15) is 18.3 Å². The van der Waals surface area contributed by atoms with Crippen LogP contribution in [0.4, 0.5) is 0 Å². The van der Waals surface area contributed by atoms with Crippen molar-refractivity contribution in [2.45, 2.75) is 44.4 Å². The number of ether oxygens (including phenoxy) is 4. The number of fused-ring (bicyclic) bond motifs is 1. The van der Waals surface area contributed by atoms with Crippen LogP contribution in [0.2, 0.25) is 0 Å². The van der Waals surface area contributed by atoms with E-state index in [-0.39, 0.29) is 25.1 Å². The van der Waals surface area contributed by atoms with Crippen LogP contribution in [-0.2, 0) is 23.7 Å². The summed E-state index contributed by atoms with van der Waals surface area (Å²) in [5.41, 5.74) is 0. The van der Waals surface area contributed by atoms with Crippen molar-refractivity contribution >= 4 is 5.97 Å². The lowest BCUT2D eigenvalue weighted by Gasteiger charge is -2.39. The molecule has 1 N–H and O–H groups in total. The van der Waals surface area contributed by atoms with Crippen LogP contribution in [0.25, 0.3) is 0 Å². The third kappa shape index (κ3) is 2.77. The molecule has 4 atom stereocenters. The van der Waals surface area contributed by atoms with Gasteiger partial charge < -0.3 is 24.1 Å². The highest BCUT2D eigenvalue weighted by Crippen LogP contribution is 2.32. The molecule has 0 aromatic rings. The molecule has 0 amide bonds. The minimum Gasteiger partial charge on any atom is -0.466 e. The topological polar surface area (TPSA) is 74.2 Å². The van der Waals surface area contributed by atoms with E-state index in [9.17, 15) is 9.90 Å². The van der Waals surface area contributed by atoms with E-state index in [0.29, 0.717) is 13.2 Å². The maximum Gasteiger partial charge on any atom is 0.311 e. The molecule has 6 heteroatoms. The molecule has 98 valence electrons. The van der Waals surface area contributed by atoms with Crippen molar-refractivity contribution in [1.82, 2.24) is 0 Å². The number of rotatable bonds is 3. The van der Waals surface area contributed by atoms with Gasteiger partial charge in [-0.1, -0.05) is 0 Å². The van der Waals surface area contributed by atoms with Gasteiger partial charge in [-0.15, -0.1) is 0 Å². The number of carbonyl (C=O) groups excluding carboxylic acids is 1. The molecule has 2 saturated heterocycles. The van der Waals surface area contributed by atoms with Gasteiger partial charge >= 0.3 is 5.97 Å². The second-order valence-electron chi connectivity index (χ2n) is 4.45. The maximum atomic E-state index is 11.4. The molecule has 0 aliphatic carbocycles. The van der Waals surface area contributed by atoms with Crippen LogP contribution in [0, 0.1) is 0 Å². The second-order valence-corrected chi connectivity index (χ2v) is 4.45. The van der Waals surface area contributed by atoms with E-state index in [1.165, 1.54) is 0 Å². The summed E-state index contributed by atoms with van der Waals surface area (Å²) >= 11 is 0. The summed E-state index contributed by atoms with van der Waals surface area (Å²) in [6, 6.07) is 0. The Kier molecular flexibility index (Phi) is 3.67. The molecule has 0 bridgehead atoms. The molecule has 0 radical (unpaired) electrons. The quantitative estimate of drug-likeness (QED) is 0.697. The predicted octanol–water partition coefficient (Wildman–Crippen LogP) is -0.169. The number of carbonyl (C=O) groups is 1. The maximum absolute atomic E-state index is 11.4. The Bertz CT molecular complexity index is 294. The normalized spacial score (nSPS) is 41.0. The zero-order valence-electron chi connectivity index (χ0n) is 10.0. The molecule has 17 heavy (non-hydrogen) atoms. The largest absolute Gasteiger partial charge is 0.466 e. The Labute approximate surface area is 99.8 Å². The molecule has 2 rings (SSSR count). The van der Waals surface area contributed by atoms with E-state index in [4.69, 9.17) is 18.9 Å². The monoisotopic (exact) mass is 246 g/mol. The molecule has 2 fully saturated rings. The van der Waals surface area contributed by atoms with Gasteiger partial charge in [0.25, 0.3) is 0 Å². The first kappa shape index (κ1) is 12.8. The fourth-order valence-electron chi connectivity index (χ4n) is 2.10. The molecule has 6 nitrogen and oxygen atoms in total. The molecule has 0 aromatic carbocycles. The first-order valence-corrected chi connectivity index (χ1v) is 5.81. The lowest BCUT2D eigenvalue weighted by Crippen LogP contribution is -2.52. The van der Waals surface area contributed by atoms with Crippen molar-refractivity contribution in [3.63, 3.8) is 0 Å². The molecular weight excluding hydrogens is 228 g/mol. The van der Waals surface area contributed by atoms with Crippen molar-refractivity contribution in [1.29, 1.82) is 0 Å². The Hall–Kier alpha value is -0.690. The van der Waals surface area contributed by atoms with Gasteiger partial charge in [-0.05, 0) is 13.8 Å². The molecule has 2 heterocycles. The van der Waals surface area contributed by atoms with Gasteiger partial charge in [0, 0.05) is 0 Å². The minimum absolute atomic E-state index is 0.0107. The van der Waals surface area contributed by atoms with Crippen molar-refractivity contribution in [2.75, 3.05) is 19.8 Å². The van der Waals surface area contributed by atoms with E-state index in [0.717, 1.165) is 0 Å². The molecule has 0 saturated carbocycles. The number of hydrogen-bond donors (Lipinski definition) is 1. The number of esters is 1. The third-order valence-corrected chi connectivity index (χ3v) is 2.94. The number of hydrogen-bond acceptors (Lipinski definition) is 6. The lowest BCUT2D eigenvalue weighted by atomic mass is 10.1. The summed E-state index contributed by atoms with van der Waals surface area (Å²) in [4.78, 5) is 11.4. The van der Waals surface area contributed by atoms with E-state index in [1.54, 1.807) is 13.8 Å². The lowest BCUT2D eigenvalue weighted by molar-refractivity contribution is -0.309. The van der Waals surface area contributed by atoms with Crippen LogP contribution in [0.5, 0.6) is 0 Å². The van der Waals surface area contributed by atoms with Gasteiger partial charge in [0.2, 0.25) is 0 Å². The van der Waals surface area contributed by atoms with Gasteiger partial charge in [-0.2, -0.15) is 0 Å². The van der Waals surface area contributed by atoms with Gasteiger partial charge in [0.05, 0.1) is 26.2 Å². The molecule has 0 spiro atoms. The summed E-state index contributed by atoms with van der Waals surface area (Å²) in [6.45, 7) is 4.30. The highest BCUT2D eigenvalue weighted by Gasteiger charge is 2.48. The highest BCUT2D eigenvalue weighted by atomic mass is 16.7. The standard InChI is InChI=1S/C11H18O6/c1-3-14-9(13)4-11(2)16-6-8-10(17-11)7(12)5-15-8/h7-8,10,12H,3-6H2,1-2H3/t7-,8+,10+,11-/m0/s1.